The van der Waals surface area contributed by atoms with Gasteiger partial charge in [0.2, 0.25) is 5.91 Å². The molecule has 30 heavy (non-hydrogen) atoms. The number of esters is 2. The van der Waals surface area contributed by atoms with Crippen molar-refractivity contribution in [1.29, 1.82) is 0 Å². The third kappa shape index (κ3) is 5.90. The summed E-state index contributed by atoms with van der Waals surface area (Å²) in [7, 11) is 1.82. The van der Waals surface area contributed by atoms with Crippen LogP contribution in [0.15, 0.2) is 12.4 Å². The summed E-state index contributed by atoms with van der Waals surface area (Å²) in [5.74, 6) is -1.42. The zero-order valence-corrected chi connectivity index (χ0v) is 18.8. The fraction of sp³-hybridized carbons (Fsp3) is 0.500. The second-order valence-corrected chi connectivity index (χ2v) is 7.65. The minimum Gasteiger partial charge on any atom is -0.462 e. The molecule has 0 aliphatic heterocycles. The Labute approximate surface area is 180 Å². The maximum absolute atomic E-state index is 12.6. The number of anilines is 1. The molecule has 0 aliphatic carbocycles. The summed E-state index contributed by atoms with van der Waals surface area (Å²) in [5, 5.41) is 7.26. The van der Waals surface area contributed by atoms with Crippen LogP contribution >= 0.6 is 11.3 Å². The van der Waals surface area contributed by atoms with Crippen molar-refractivity contribution in [1.82, 2.24) is 14.7 Å². The Balaban J connectivity index is 2.14. The van der Waals surface area contributed by atoms with Gasteiger partial charge in [-0.15, -0.1) is 11.3 Å². The zero-order chi connectivity index (χ0) is 22.3. The van der Waals surface area contributed by atoms with Gasteiger partial charge in [-0.2, -0.15) is 5.10 Å². The number of likely N-dealkylation sites (N-methyl/N-ethyl adjacent to an activating group) is 1. The minimum atomic E-state index is -0.586. The molecule has 0 saturated carbocycles. The van der Waals surface area contributed by atoms with Crippen LogP contribution in [-0.4, -0.2) is 59.3 Å². The predicted octanol–water partition coefficient (Wildman–Crippen LogP) is 2.70. The highest BCUT2D eigenvalue weighted by atomic mass is 32.1. The number of thiophene rings is 1. The molecule has 0 bridgehead atoms. The van der Waals surface area contributed by atoms with Crippen LogP contribution in [0.4, 0.5) is 5.00 Å². The van der Waals surface area contributed by atoms with Crippen molar-refractivity contribution >= 4 is 34.2 Å². The number of aryl methyl sites for hydroxylation is 1. The summed E-state index contributed by atoms with van der Waals surface area (Å²) in [6.07, 6.45) is 3.70. The molecule has 10 heteroatoms. The molecule has 0 radical (unpaired) electrons. The van der Waals surface area contributed by atoms with Gasteiger partial charge >= 0.3 is 11.9 Å². The van der Waals surface area contributed by atoms with Gasteiger partial charge in [-0.3, -0.25) is 14.4 Å². The number of ether oxygens (including phenoxy) is 2. The number of amides is 1. The first-order valence-corrected chi connectivity index (χ1v) is 10.6. The van der Waals surface area contributed by atoms with E-state index in [4.69, 9.17) is 9.47 Å². The minimum absolute atomic E-state index is 0.102. The molecule has 9 nitrogen and oxygen atoms in total. The fourth-order valence-electron chi connectivity index (χ4n) is 2.88. The Kier molecular flexibility index (Phi) is 8.55. The van der Waals surface area contributed by atoms with Gasteiger partial charge in [-0.25, -0.2) is 9.59 Å². The van der Waals surface area contributed by atoms with Crippen molar-refractivity contribution in [3.8, 4) is 0 Å². The zero-order valence-electron chi connectivity index (χ0n) is 18.0. The number of carbonyl (C=O) groups is 3. The van der Waals surface area contributed by atoms with Crippen molar-refractivity contribution in [2.75, 3.05) is 32.1 Å². The van der Waals surface area contributed by atoms with Crippen LogP contribution in [-0.2, 0) is 27.4 Å². The number of aromatic nitrogens is 2. The van der Waals surface area contributed by atoms with E-state index in [1.807, 2.05) is 29.7 Å². The molecule has 0 aliphatic rings. The summed E-state index contributed by atoms with van der Waals surface area (Å²) >= 11 is 1.01. The van der Waals surface area contributed by atoms with Crippen LogP contribution in [0.3, 0.4) is 0 Å². The molecule has 2 rings (SSSR count). The van der Waals surface area contributed by atoms with E-state index in [1.165, 1.54) is 0 Å². The Bertz CT molecular complexity index is 905. The number of hydrogen-bond acceptors (Lipinski definition) is 8. The maximum Gasteiger partial charge on any atom is 0.348 e. The van der Waals surface area contributed by atoms with E-state index in [1.54, 1.807) is 27.0 Å². The van der Waals surface area contributed by atoms with Gasteiger partial charge in [0.15, 0.2) is 0 Å². The number of nitrogens with zero attached hydrogens (tertiary/aromatic N) is 3. The fourth-order valence-corrected chi connectivity index (χ4v) is 3.99. The second kappa shape index (κ2) is 10.9. The highest BCUT2D eigenvalue weighted by Gasteiger charge is 2.27. The predicted molar refractivity (Wildman–Crippen MR) is 114 cm³/mol. The van der Waals surface area contributed by atoms with E-state index in [0.29, 0.717) is 12.1 Å². The molecule has 2 aromatic heterocycles. The largest absolute Gasteiger partial charge is 0.462 e. The number of carbonyl (C=O) groups excluding carboxylic acids is 3. The molecule has 0 aromatic carbocycles. The first kappa shape index (κ1) is 23.6. The monoisotopic (exact) mass is 436 g/mol. The summed E-state index contributed by atoms with van der Waals surface area (Å²) in [6, 6.07) is 0. The van der Waals surface area contributed by atoms with E-state index >= 15 is 0 Å². The number of nitrogens with one attached hydrogen (secondary N) is 1. The lowest BCUT2D eigenvalue weighted by Gasteiger charge is -2.15. The highest BCUT2D eigenvalue weighted by molar-refractivity contribution is 7.18. The van der Waals surface area contributed by atoms with Crippen LogP contribution in [0.5, 0.6) is 0 Å². The molecular formula is C20H28N4O5S. The van der Waals surface area contributed by atoms with Crippen molar-refractivity contribution in [2.45, 2.75) is 40.8 Å². The topological polar surface area (TPSA) is 103 Å². The van der Waals surface area contributed by atoms with Gasteiger partial charge in [0.05, 0.1) is 31.5 Å². The van der Waals surface area contributed by atoms with Gasteiger partial charge in [-0.1, -0.05) is 0 Å². The van der Waals surface area contributed by atoms with Crippen molar-refractivity contribution in [3.05, 3.63) is 34.0 Å². The maximum atomic E-state index is 12.6. The third-order valence-electron chi connectivity index (χ3n) is 4.22. The van der Waals surface area contributed by atoms with Crippen molar-refractivity contribution < 1.29 is 23.9 Å². The Morgan fingerprint density at radius 2 is 1.83 bits per heavy atom. The van der Waals surface area contributed by atoms with E-state index in [2.05, 4.69) is 10.4 Å². The third-order valence-corrected chi connectivity index (χ3v) is 5.40. The van der Waals surface area contributed by atoms with Crippen LogP contribution in [0, 0.1) is 6.92 Å². The van der Waals surface area contributed by atoms with Crippen LogP contribution in [0.25, 0.3) is 0 Å². The molecule has 0 fully saturated rings. The average molecular weight is 437 g/mol. The number of rotatable bonds is 10. The summed E-state index contributed by atoms with van der Waals surface area (Å²) in [6.45, 7) is 8.87. The Morgan fingerprint density at radius 1 is 1.17 bits per heavy atom. The van der Waals surface area contributed by atoms with Gasteiger partial charge in [0.25, 0.3) is 0 Å². The standard InChI is InChI=1S/C20H28N4O5S/c1-6-24-11-14(9-21-24)10-23(5)12-15(25)22-18-16(19(26)28-7-2)13(4)17(30-18)20(27)29-8-3/h9,11H,6-8,10,12H2,1-5H3,(H,22,25). The number of hydrogen-bond donors (Lipinski definition) is 1. The molecular weight excluding hydrogens is 408 g/mol. The molecule has 0 spiro atoms. The Hall–Kier alpha value is -2.72. The molecule has 2 heterocycles. The average Bonchev–Trinajstić information content (AvgIpc) is 3.25. The summed E-state index contributed by atoms with van der Waals surface area (Å²) in [5.41, 5.74) is 1.62. The lowest BCUT2D eigenvalue weighted by atomic mass is 10.1. The first-order valence-electron chi connectivity index (χ1n) is 9.77. The van der Waals surface area contributed by atoms with E-state index < -0.39 is 11.9 Å². The van der Waals surface area contributed by atoms with Crippen molar-refractivity contribution in [3.63, 3.8) is 0 Å². The van der Waals surface area contributed by atoms with Gasteiger partial charge in [0.1, 0.15) is 9.88 Å². The molecule has 1 N–H and O–H groups in total. The van der Waals surface area contributed by atoms with Crippen molar-refractivity contribution in [2.24, 2.45) is 0 Å². The van der Waals surface area contributed by atoms with Gasteiger partial charge in [-0.05, 0) is 40.3 Å². The summed E-state index contributed by atoms with van der Waals surface area (Å²) in [4.78, 5) is 39.3. The lowest BCUT2D eigenvalue weighted by molar-refractivity contribution is -0.117. The van der Waals surface area contributed by atoms with Gasteiger partial charge < -0.3 is 14.8 Å². The molecule has 0 unspecified atom stereocenters. The highest BCUT2D eigenvalue weighted by Crippen LogP contribution is 2.34. The SMILES string of the molecule is CCOC(=O)c1sc(NC(=O)CN(C)Cc2cnn(CC)c2)c(C(=O)OCC)c1C. The van der Waals surface area contributed by atoms with E-state index in [9.17, 15) is 14.4 Å². The quantitative estimate of drug-likeness (QED) is 0.571. The molecule has 0 saturated heterocycles. The lowest BCUT2D eigenvalue weighted by Crippen LogP contribution is -2.30. The molecule has 164 valence electrons. The van der Waals surface area contributed by atoms with Crippen LogP contribution in [0.1, 0.15) is 51.9 Å². The molecule has 2 aromatic rings. The molecule has 1 amide bonds. The van der Waals surface area contributed by atoms with E-state index in [-0.39, 0.29) is 41.1 Å². The van der Waals surface area contributed by atoms with Crippen LogP contribution < -0.4 is 5.32 Å². The smallest absolute Gasteiger partial charge is 0.348 e. The second-order valence-electron chi connectivity index (χ2n) is 6.63. The normalized spacial score (nSPS) is 10.9. The molecule has 0 atom stereocenters. The summed E-state index contributed by atoms with van der Waals surface area (Å²) < 4.78 is 12.0. The van der Waals surface area contributed by atoms with E-state index in [0.717, 1.165) is 23.4 Å². The van der Waals surface area contributed by atoms with Gasteiger partial charge in [0, 0.05) is 24.8 Å². The van der Waals surface area contributed by atoms with Crippen LogP contribution in [0.2, 0.25) is 0 Å². The Morgan fingerprint density at radius 3 is 2.43 bits per heavy atom. The first-order chi connectivity index (χ1) is 14.3.